The van der Waals surface area contributed by atoms with Crippen LogP contribution in [-0.2, 0) is 20.7 Å². The first-order valence-corrected chi connectivity index (χ1v) is 7.79. The molecule has 0 aromatic heterocycles. The van der Waals surface area contributed by atoms with Crippen LogP contribution in [0.2, 0.25) is 0 Å². The summed E-state index contributed by atoms with van der Waals surface area (Å²) in [6.45, 7) is 0. The number of rotatable bonds is 7. The summed E-state index contributed by atoms with van der Waals surface area (Å²) in [7, 11) is 1.36. The van der Waals surface area contributed by atoms with E-state index in [9.17, 15) is 30.0 Å². The summed E-state index contributed by atoms with van der Waals surface area (Å²) in [5.74, 6) is -2.79. The molecule has 0 spiro atoms. The average molecular weight is 374 g/mol. The van der Waals surface area contributed by atoms with Gasteiger partial charge in [-0.25, -0.2) is 9.59 Å². The molecular weight excluding hydrogens is 356 g/mol. The Balaban J connectivity index is 2.06. The molecule has 0 aliphatic heterocycles. The third-order valence-electron chi connectivity index (χ3n) is 3.61. The van der Waals surface area contributed by atoms with Gasteiger partial charge in [0.1, 0.15) is 0 Å². The summed E-state index contributed by atoms with van der Waals surface area (Å²) in [5, 5.41) is 37.5. The van der Waals surface area contributed by atoms with Crippen LogP contribution in [0.15, 0.2) is 42.5 Å². The van der Waals surface area contributed by atoms with E-state index in [4.69, 9.17) is 9.47 Å². The van der Waals surface area contributed by atoms with Crippen molar-refractivity contribution >= 4 is 18.0 Å². The van der Waals surface area contributed by atoms with Gasteiger partial charge in [-0.3, -0.25) is 0 Å². The number of hydrogen-bond acceptors (Lipinski definition) is 7. The van der Waals surface area contributed by atoms with Crippen molar-refractivity contribution in [3.05, 3.63) is 53.6 Å². The van der Waals surface area contributed by atoms with E-state index in [1.165, 1.54) is 49.6 Å². The van der Waals surface area contributed by atoms with Crippen LogP contribution < -0.4 is 4.74 Å². The summed E-state index contributed by atoms with van der Waals surface area (Å²) < 4.78 is 9.91. The Kier molecular flexibility index (Phi) is 6.27. The highest BCUT2D eigenvalue weighted by molar-refractivity contribution is 5.89. The fourth-order valence-electron chi connectivity index (χ4n) is 2.23. The van der Waals surface area contributed by atoms with Gasteiger partial charge < -0.3 is 29.9 Å². The molecule has 0 heterocycles. The topological polar surface area (TPSA) is 134 Å². The number of methoxy groups -OCH3 is 1. The van der Waals surface area contributed by atoms with Crippen molar-refractivity contribution in [3.8, 4) is 23.0 Å². The second-order valence-electron chi connectivity index (χ2n) is 5.56. The molecule has 1 atom stereocenters. The quantitative estimate of drug-likeness (QED) is 0.329. The highest BCUT2D eigenvalue weighted by atomic mass is 16.6. The van der Waals surface area contributed by atoms with E-state index in [1.54, 1.807) is 0 Å². The van der Waals surface area contributed by atoms with Gasteiger partial charge in [-0.05, 0) is 41.5 Å². The minimum absolute atomic E-state index is 0.0924. The zero-order valence-corrected chi connectivity index (χ0v) is 14.3. The van der Waals surface area contributed by atoms with E-state index >= 15 is 0 Å². The Morgan fingerprint density at radius 2 is 1.74 bits per heavy atom. The minimum Gasteiger partial charge on any atom is -0.504 e. The van der Waals surface area contributed by atoms with Crippen LogP contribution in [0, 0.1) is 0 Å². The van der Waals surface area contributed by atoms with Crippen molar-refractivity contribution in [2.75, 3.05) is 7.11 Å². The smallest absolute Gasteiger partial charge is 0.345 e. The lowest BCUT2D eigenvalue weighted by atomic mass is 10.1. The number of phenols is 3. The largest absolute Gasteiger partial charge is 0.504 e. The van der Waals surface area contributed by atoms with Gasteiger partial charge in [0.05, 0.1) is 7.11 Å². The number of carbonyl (C=O) groups is 2. The molecule has 0 saturated carbocycles. The van der Waals surface area contributed by atoms with E-state index in [0.717, 1.165) is 6.08 Å². The monoisotopic (exact) mass is 374 g/mol. The highest BCUT2D eigenvalue weighted by Crippen LogP contribution is 2.27. The van der Waals surface area contributed by atoms with Crippen molar-refractivity contribution in [2.24, 2.45) is 0 Å². The molecule has 2 aromatic rings. The van der Waals surface area contributed by atoms with Crippen LogP contribution in [0.4, 0.5) is 0 Å². The number of phenolic OH excluding ortho intramolecular Hbond substituents is 3. The third kappa shape index (κ3) is 5.40. The summed E-state index contributed by atoms with van der Waals surface area (Å²) in [5.41, 5.74) is 0.912. The first-order chi connectivity index (χ1) is 12.8. The summed E-state index contributed by atoms with van der Waals surface area (Å²) >= 11 is 0. The average Bonchev–Trinajstić information content (AvgIpc) is 2.63. The zero-order valence-electron chi connectivity index (χ0n) is 14.3. The lowest BCUT2D eigenvalue weighted by molar-refractivity contribution is -0.160. The summed E-state index contributed by atoms with van der Waals surface area (Å²) in [6.07, 6.45) is 0.763. The van der Waals surface area contributed by atoms with Gasteiger partial charge in [-0.1, -0.05) is 12.1 Å². The van der Waals surface area contributed by atoms with E-state index in [-0.39, 0.29) is 29.4 Å². The predicted molar refractivity (Wildman–Crippen MR) is 94.7 cm³/mol. The number of aromatic hydroxyl groups is 3. The maximum Gasteiger partial charge on any atom is 0.345 e. The molecule has 0 saturated heterocycles. The van der Waals surface area contributed by atoms with Gasteiger partial charge in [0.2, 0.25) is 6.10 Å². The second-order valence-corrected chi connectivity index (χ2v) is 5.56. The standard InChI is InChI=1S/C19H18O8/c1-26-16-9-12(3-6-14(16)21)10-17(19(24)25)27-18(23)7-4-11-2-5-13(20)15(22)8-11/h2-9,17,20-22H,10H2,1H3,(H,24,25). The molecule has 27 heavy (non-hydrogen) atoms. The molecule has 0 bridgehead atoms. The normalized spacial score (nSPS) is 11.9. The van der Waals surface area contributed by atoms with Gasteiger partial charge in [-0.15, -0.1) is 0 Å². The van der Waals surface area contributed by atoms with Crippen LogP contribution in [-0.4, -0.2) is 45.6 Å². The first kappa shape index (κ1) is 19.6. The number of carbonyl (C=O) groups excluding carboxylic acids is 1. The number of hydrogen-bond donors (Lipinski definition) is 4. The SMILES string of the molecule is COc1cc(CC(OC(=O)C=Cc2ccc(O)c(O)c2)C(=O)O)ccc1O. The molecule has 0 amide bonds. The fourth-order valence-corrected chi connectivity index (χ4v) is 2.23. The molecule has 2 aromatic carbocycles. The molecule has 4 N–H and O–H groups in total. The number of carboxylic acid groups (broad SMARTS) is 1. The summed E-state index contributed by atoms with van der Waals surface area (Å²) in [4.78, 5) is 23.3. The van der Waals surface area contributed by atoms with E-state index in [1.807, 2.05) is 0 Å². The number of benzene rings is 2. The second kappa shape index (κ2) is 8.61. The van der Waals surface area contributed by atoms with Gasteiger partial charge in [0.25, 0.3) is 0 Å². The Hall–Kier alpha value is -3.68. The van der Waals surface area contributed by atoms with E-state index in [0.29, 0.717) is 11.1 Å². The van der Waals surface area contributed by atoms with Gasteiger partial charge >= 0.3 is 11.9 Å². The number of carboxylic acids is 1. The number of ether oxygens (including phenoxy) is 2. The van der Waals surface area contributed by atoms with Crippen molar-refractivity contribution in [3.63, 3.8) is 0 Å². The molecule has 0 aliphatic carbocycles. The van der Waals surface area contributed by atoms with Crippen LogP contribution in [0.5, 0.6) is 23.0 Å². The van der Waals surface area contributed by atoms with E-state index < -0.39 is 18.0 Å². The first-order valence-electron chi connectivity index (χ1n) is 7.79. The van der Waals surface area contributed by atoms with Crippen molar-refractivity contribution < 1.29 is 39.5 Å². The predicted octanol–water partition coefficient (Wildman–Crippen LogP) is 2.06. The van der Waals surface area contributed by atoms with Gasteiger partial charge in [0.15, 0.2) is 23.0 Å². The molecule has 0 fully saturated rings. The molecule has 0 aliphatic rings. The van der Waals surface area contributed by atoms with Crippen LogP contribution in [0.25, 0.3) is 6.08 Å². The molecule has 8 heteroatoms. The van der Waals surface area contributed by atoms with Crippen molar-refractivity contribution in [2.45, 2.75) is 12.5 Å². The maximum atomic E-state index is 11.9. The third-order valence-corrected chi connectivity index (χ3v) is 3.61. The van der Waals surface area contributed by atoms with Gasteiger partial charge in [0, 0.05) is 12.5 Å². The van der Waals surface area contributed by atoms with Crippen LogP contribution >= 0.6 is 0 Å². The van der Waals surface area contributed by atoms with Crippen LogP contribution in [0.1, 0.15) is 11.1 Å². The Labute approximate surface area is 154 Å². The number of esters is 1. The Bertz CT molecular complexity index is 872. The molecule has 142 valence electrons. The molecule has 8 nitrogen and oxygen atoms in total. The summed E-state index contributed by atoms with van der Waals surface area (Å²) in [6, 6.07) is 8.24. The van der Waals surface area contributed by atoms with Crippen LogP contribution in [0.3, 0.4) is 0 Å². The zero-order chi connectivity index (χ0) is 20.0. The molecule has 1 unspecified atom stereocenters. The lowest BCUT2D eigenvalue weighted by Gasteiger charge is -2.13. The minimum atomic E-state index is -1.44. The molecule has 0 radical (unpaired) electrons. The number of aliphatic carboxylic acids is 1. The van der Waals surface area contributed by atoms with Gasteiger partial charge in [-0.2, -0.15) is 0 Å². The molecular formula is C19H18O8. The Morgan fingerprint density at radius 3 is 2.37 bits per heavy atom. The molecule has 2 rings (SSSR count). The lowest BCUT2D eigenvalue weighted by Crippen LogP contribution is -2.28. The maximum absolute atomic E-state index is 11.9. The van der Waals surface area contributed by atoms with Crippen molar-refractivity contribution in [1.82, 2.24) is 0 Å². The highest BCUT2D eigenvalue weighted by Gasteiger charge is 2.22. The van der Waals surface area contributed by atoms with E-state index in [2.05, 4.69) is 0 Å². The Morgan fingerprint density at radius 1 is 1.04 bits per heavy atom. The fraction of sp³-hybridized carbons (Fsp3) is 0.158. The van der Waals surface area contributed by atoms with Crippen molar-refractivity contribution in [1.29, 1.82) is 0 Å².